The van der Waals surface area contributed by atoms with Crippen LogP contribution >= 0.6 is 22.7 Å². The fourth-order valence-electron chi connectivity index (χ4n) is 2.63. The number of rotatable bonds is 5. The summed E-state index contributed by atoms with van der Waals surface area (Å²) in [4.78, 5) is 44.5. The van der Waals surface area contributed by atoms with Gasteiger partial charge in [-0.3, -0.25) is 14.9 Å². The van der Waals surface area contributed by atoms with Crippen molar-refractivity contribution >= 4 is 45.7 Å². The summed E-state index contributed by atoms with van der Waals surface area (Å²) in [6.07, 6.45) is -0.166. The van der Waals surface area contributed by atoms with E-state index in [4.69, 9.17) is 4.74 Å². The molecule has 3 amide bonds. The van der Waals surface area contributed by atoms with E-state index in [1.807, 2.05) is 11.4 Å². The highest BCUT2D eigenvalue weighted by atomic mass is 32.1. The number of thiazole rings is 1. The van der Waals surface area contributed by atoms with Gasteiger partial charge in [-0.25, -0.2) is 9.78 Å². The van der Waals surface area contributed by atoms with E-state index in [1.54, 1.807) is 28.2 Å². The highest BCUT2D eigenvalue weighted by molar-refractivity contribution is 7.14. The lowest BCUT2D eigenvalue weighted by molar-refractivity contribution is -0.132. The molecule has 1 saturated heterocycles. The van der Waals surface area contributed by atoms with E-state index in [0.29, 0.717) is 48.5 Å². The molecule has 1 aliphatic heterocycles. The number of ether oxygens (including phenoxy) is 1. The van der Waals surface area contributed by atoms with Gasteiger partial charge in [-0.1, -0.05) is 6.07 Å². The van der Waals surface area contributed by atoms with Crippen molar-refractivity contribution in [2.45, 2.75) is 13.3 Å². The van der Waals surface area contributed by atoms with Gasteiger partial charge in [0, 0.05) is 31.6 Å². The first-order valence-corrected chi connectivity index (χ1v) is 10.3. The predicted molar refractivity (Wildman–Crippen MR) is 103 cm³/mol. The van der Waals surface area contributed by atoms with Crippen LogP contribution in [-0.2, 0) is 16.0 Å². The summed E-state index contributed by atoms with van der Waals surface area (Å²) in [5, 5.41) is 6.83. The zero-order chi connectivity index (χ0) is 19.2. The van der Waals surface area contributed by atoms with E-state index in [2.05, 4.69) is 10.3 Å². The molecule has 0 unspecified atom stereocenters. The molecular weight excluding hydrogens is 388 g/mol. The number of nitrogens with one attached hydrogen (secondary N) is 1. The van der Waals surface area contributed by atoms with Crippen LogP contribution in [0.3, 0.4) is 0 Å². The normalized spacial score (nSPS) is 14.1. The number of anilines is 1. The highest BCUT2D eigenvalue weighted by Crippen LogP contribution is 2.19. The number of hydrogen-bond donors (Lipinski definition) is 1. The van der Waals surface area contributed by atoms with Gasteiger partial charge in [0.1, 0.15) is 0 Å². The lowest BCUT2D eigenvalue weighted by atomic mass is 10.2. The summed E-state index contributed by atoms with van der Waals surface area (Å²) in [7, 11) is 0. The smallest absolute Gasteiger partial charge is 0.409 e. The van der Waals surface area contributed by atoms with Crippen molar-refractivity contribution in [3.05, 3.63) is 33.5 Å². The van der Waals surface area contributed by atoms with Gasteiger partial charge in [0.2, 0.25) is 5.91 Å². The van der Waals surface area contributed by atoms with Gasteiger partial charge in [0.05, 0.1) is 23.6 Å². The maximum absolute atomic E-state index is 12.5. The standard InChI is InChI=1S/C17H20N4O4S2/c1-2-25-17(24)21-7-5-20(6-8-21)14(22)10-12-11-27-16(18-12)19-15(23)13-4-3-9-26-13/h3-4,9,11H,2,5-8,10H2,1H3,(H,18,19,23). The monoisotopic (exact) mass is 408 g/mol. The lowest BCUT2D eigenvalue weighted by Gasteiger charge is -2.34. The Morgan fingerprint density at radius 1 is 1.19 bits per heavy atom. The molecule has 0 saturated carbocycles. The quantitative estimate of drug-likeness (QED) is 0.820. The molecule has 1 fully saturated rings. The van der Waals surface area contributed by atoms with Crippen LogP contribution in [0.2, 0.25) is 0 Å². The van der Waals surface area contributed by atoms with E-state index in [-0.39, 0.29) is 24.3 Å². The molecule has 10 heteroatoms. The average Bonchev–Trinajstić information content (AvgIpc) is 3.34. The van der Waals surface area contributed by atoms with E-state index in [0.717, 1.165) is 0 Å². The van der Waals surface area contributed by atoms with E-state index in [9.17, 15) is 14.4 Å². The third-order valence-electron chi connectivity index (χ3n) is 4.01. The number of piperazine rings is 1. The molecule has 1 N–H and O–H groups in total. The average molecular weight is 409 g/mol. The summed E-state index contributed by atoms with van der Waals surface area (Å²) < 4.78 is 4.98. The Labute approximate surface area is 164 Å². The molecule has 0 bridgehead atoms. The first kappa shape index (κ1) is 19.3. The molecule has 27 heavy (non-hydrogen) atoms. The molecule has 0 aromatic carbocycles. The predicted octanol–water partition coefficient (Wildman–Crippen LogP) is 2.30. The Bertz CT molecular complexity index is 798. The molecular formula is C17H20N4O4S2. The van der Waals surface area contributed by atoms with Crippen LogP contribution in [0.1, 0.15) is 22.3 Å². The van der Waals surface area contributed by atoms with Crippen LogP contribution in [0.15, 0.2) is 22.9 Å². The number of nitrogens with zero attached hydrogens (tertiary/aromatic N) is 3. The molecule has 0 radical (unpaired) electrons. The fraction of sp³-hybridized carbons (Fsp3) is 0.412. The van der Waals surface area contributed by atoms with Gasteiger partial charge in [-0.05, 0) is 18.4 Å². The summed E-state index contributed by atoms with van der Waals surface area (Å²) in [5.74, 6) is -0.243. The molecule has 8 nitrogen and oxygen atoms in total. The van der Waals surface area contributed by atoms with Crippen molar-refractivity contribution < 1.29 is 19.1 Å². The van der Waals surface area contributed by atoms with Crippen LogP contribution < -0.4 is 5.32 Å². The molecule has 0 aliphatic carbocycles. The van der Waals surface area contributed by atoms with Gasteiger partial charge >= 0.3 is 6.09 Å². The Morgan fingerprint density at radius 2 is 1.93 bits per heavy atom. The Hall–Kier alpha value is -2.46. The van der Waals surface area contributed by atoms with E-state index < -0.39 is 0 Å². The Morgan fingerprint density at radius 3 is 2.59 bits per heavy atom. The maximum Gasteiger partial charge on any atom is 0.409 e. The minimum absolute atomic E-state index is 0.0417. The largest absolute Gasteiger partial charge is 0.450 e. The fourth-order valence-corrected chi connectivity index (χ4v) is 3.96. The minimum Gasteiger partial charge on any atom is -0.450 e. The van der Waals surface area contributed by atoms with Crippen molar-refractivity contribution in [2.75, 3.05) is 38.1 Å². The third kappa shape index (κ3) is 5.04. The summed E-state index contributed by atoms with van der Waals surface area (Å²) in [5.41, 5.74) is 0.624. The van der Waals surface area contributed by atoms with Crippen molar-refractivity contribution in [1.29, 1.82) is 0 Å². The van der Waals surface area contributed by atoms with Gasteiger partial charge in [0.25, 0.3) is 5.91 Å². The first-order valence-electron chi connectivity index (χ1n) is 8.55. The van der Waals surface area contributed by atoms with Crippen LogP contribution in [-0.4, -0.2) is 65.5 Å². The third-order valence-corrected chi connectivity index (χ3v) is 5.68. The topological polar surface area (TPSA) is 91.8 Å². The van der Waals surface area contributed by atoms with Gasteiger partial charge < -0.3 is 14.5 Å². The summed E-state index contributed by atoms with van der Waals surface area (Å²) >= 11 is 2.65. The first-order chi connectivity index (χ1) is 13.1. The molecule has 0 spiro atoms. The molecule has 144 valence electrons. The van der Waals surface area contributed by atoms with Crippen molar-refractivity contribution in [3.8, 4) is 0 Å². The van der Waals surface area contributed by atoms with Crippen molar-refractivity contribution in [2.24, 2.45) is 0 Å². The molecule has 2 aromatic rings. The van der Waals surface area contributed by atoms with Crippen LogP contribution in [0.5, 0.6) is 0 Å². The SMILES string of the molecule is CCOC(=O)N1CCN(C(=O)Cc2csc(NC(=O)c3cccs3)n2)CC1. The molecule has 3 rings (SSSR count). The van der Waals surface area contributed by atoms with Crippen LogP contribution in [0, 0.1) is 0 Å². The number of carbonyl (C=O) groups is 3. The zero-order valence-electron chi connectivity index (χ0n) is 14.8. The Kier molecular flexibility index (Phi) is 6.40. The second-order valence-corrected chi connectivity index (χ2v) is 7.62. The number of amides is 3. The van der Waals surface area contributed by atoms with Crippen LogP contribution in [0.25, 0.3) is 0 Å². The zero-order valence-corrected chi connectivity index (χ0v) is 16.5. The summed E-state index contributed by atoms with van der Waals surface area (Å²) in [6.45, 7) is 3.98. The molecule has 0 atom stereocenters. The van der Waals surface area contributed by atoms with Gasteiger partial charge in [-0.2, -0.15) is 0 Å². The highest BCUT2D eigenvalue weighted by Gasteiger charge is 2.25. The van der Waals surface area contributed by atoms with Crippen molar-refractivity contribution in [1.82, 2.24) is 14.8 Å². The Balaban J connectivity index is 1.48. The van der Waals surface area contributed by atoms with E-state index >= 15 is 0 Å². The lowest BCUT2D eigenvalue weighted by Crippen LogP contribution is -2.51. The second kappa shape index (κ2) is 8.96. The second-order valence-electron chi connectivity index (χ2n) is 5.82. The number of hydrogen-bond acceptors (Lipinski definition) is 7. The number of carbonyl (C=O) groups excluding carboxylic acids is 3. The number of aromatic nitrogens is 1. The van der Waals surface area contributed by atoms with Gasteiger partial charge in [0.15, 0.2) is 5.13 Å². The van der Waals surface area contributed by atoms with Gasteiger partial charge in [-0.15, -0.1) is 22.7 Å². The molecule has 1 aliphatic rings. The molecule has 2 aromatic heterocycles. The van der Waals surface area contributed by atoms with Crippen LogP contribution in [0.4, 0.5) is 9.93 Å². The number of thiophene rings is 1. The van der Waals surface area contributed by atoms with Crippen molar-refractivity contribution in [3.63, 3.8) is 0 Å². The maximum atomic E-state index is 12.5. The minimum atomic E-state index is -0.338. The van der Waals surface area contributed by atoms with E-state index in [1.165, 1.54) is 22.7 Å². The summed E-state index contributed by atoms with van der Waals surface area (Å²) in [6, 6.07) is 3.56. The molecule has 3 heterocycles.